The average molecular weight is 399 g/mol. The third kappa shape index (κ3) is 5.45. The van der Waals surface area contributed by atoms with Crippen LogP contribution in [-0.4, -0.2) is 68.7 Å². The van der Waals surface area contributed by atoms with Crippen LogP contribution in [0.2, 0.25) is 0 Å². The Morgan fingerprint density at radius 2 is 0.964 bits per heavy atom. The Bertz CT molecular complexity index is 454. The summed E-state index contributed by atoms with van der Waals surface area (Å²) in [5.74, 6) is 0. The average Bonchev–Trinajstić information content (AvgIpc) is 2.52. The van der Waals surface area contributed by atoms with Gasteiger partial charge in [0.1, 0.15) is 0 Å². The van der Waals surface area contributed by atoms with E-state index in [1.807, 2.05) is 55.4 Å². The SMILES string of the molecule is CC1(C)CC(NCC(O)CNC2CC(C)(C)N([O])C(C)(C)C2)CC(C)(C)N1[O]. The van der Waals surface area contributed by atoms with E-state index in [9.17, 15) is 15.5 Å². The van der Waals surface area contributed by atoms with Gasteiger partial charge in [0.25, 0.3) is 0 Å². The molecule has 0 aliphatic carbocycles. The second-order valence-electron chi connectivity index (χ2n) is 11.5. The summed E-state index contributed by atoms with van der Waals surface area (Å²) in [4.78, 5) is 0. The monoisotopic (exact) mass is 398 g/mol. The van der Waals surface area contributed by atoms with Crippen LogP contribution < -0.4 is 10.6 Å². The van der Waals surface area contributed by atoms with E-state index in [1.165, 1.54) is 10.1 Å². The van der Waals surface area contributed by atoms with Gasteiger partial charge >= 0.3 is 0 Å². The van der Waals surface area contributed by atoms with Gasteiger partial charge in [-0.2, -0.15) is 0 Å². The van der Waals surface area contributed by atoms with Crippen molar-refractivity contribution in [2.75, 3.05) is 13.1 Å². The number of hydroxylamine groups is 4. The lowest BCUT2D eigenvalue weighted by atomic mass is 9.79. The van der Waals surface area contributed by atoms with Gasteiger partial charge in [0.05, 0.1) is 6.10 Å². The molecule has 0 aromatic rings. The van der Waals surface area contributed by atoms with Crippen molar-refractivity contribution < 1.29 is 15.5 Å². The molecule has 0 amide bonds. The molecule has 0 bridgehead atoms. The summed E-state index contributed by atoms with van der Waals surface area (Å²) in [6, 6.07) is 0.429. The van der Waals surface area contributed by atoms with E-state index in [-0.39, 0.29) is 12.1 Å². The predicted molar refractivity (Wildman–Crippen MR) is 109 cm³/mol. The van der Waals surface area contributed by atoms with E-state index in [1.54, 1.807) is 0 Å². The zero-order valence-electron chi connectivity index (χ0n) is 19.1. The van der Waals surface area contributed by atoms with Gasteiger partial charge in [-0.1, -0.05) is 0 Å². The molecule has 0 unspecified atom stereocenters. The lowest BCUT2D eigenvalue weighted by molar-refractivity contribution is -0.290. The van der Waals surface area contributed by atoms with Gasteiger partial charge in [-0.15, -0.1) is 20.5 Å². The smallest absolute Gasteiger partial charge is 0.0788 e. The molecule has 2 aliphatic heterocycles. The van der Waals surface area contributed by atoms with E-state index in [0.29, 0.717) is 13.1 Å². The molecule has 0 spiro atoms. The second-order valence-corrected chi connectivity index (χ2v) is 11.5. The summed E-state index contributed by atoms with van der Waals surface area (Å²) in [5.41, 5.74) is -1.64. The molecule has 2 saturated heterocycles. The quantitative estimate of drug-likeness (QED) is 0.638. The number of hydrogen-bond donors (Lipinski definition) is 3. The standard InChI is InChI=1S/C21H42N4O3/c1-18(2)9-15(10-19(3,4)24(18)27)22-13-17(26)14-23-16-11-20(5,6)25(28)21(7,8)12-16/h15-17,22-23,26H,9-14H2,1-8H3. The van der Waals surface area contributed by atoms with Crippen LogP contribution in [0.5, 0.6) is 0 Å². The first-order chi connectivity index (χ1) is 12.6. The fourth-order valence-electron chi connectivity index (χ4n) is 5.49. The topological polar surface area (TPSA) is 90.6 Å². The van der Waals surface area contributed by atoms with Gasteiger partial charge in [0, 0.05) is 47.3 Å². The Labute approximate surface area is 171 Å². The minimum Gasteiger partial charge on any atom is -0.390 e. The number of rotatable bonds is 6. The maximum Gasteiger partial charge on any atom is 0.0788 e. The Morgan fingerprint density at radius 3 is 1.21 bits per heavy atom. The molecule has 7 heteroatoms. The van der Waals surface area contributed by atoms with Crippen LogP contribution in [0, 0.1) is 0 Å². The highest BCUT2D eigenvalue weighted by Crippen LogP contribution is 2.38. The normalized spacial score (nSPS) is 28.7. The van der Waals surface area contributed by atoms with Gasteiger partial charge in [0.15, 0.2) is 0 Å². The molecule has 2 fully saturated rings. The first-order valence-corrected chi connectivity index (χ1v) is 10.7. The number of nitrogens with zero attached hydrogens (tertiary/aromatic N) is 2. The highest BCUT2D eigenvalue weighted by Gasteiger charge is 2.47. The largest absolute Gasteiger partial charge is 0.390 e. The van der Waals surface area contributed by atoms with E-state index in [2.05, 4.69) is 10.6 Å². The molecule has 2 rings (SSSR count). The Hall–Kier alpha value is -0.280. The summed E-state index contributed by atoms with van der Waals surface area (Å²) in [7, 11) is 0. The molecule has 0 aromatic carbocycles. The van der Waals surface area contributed by atoms with Crippen LogP contribution in [0.1, 0.15) is 81.1 Å². The lowest BCUT2D eigenvalue weighted by Crippen LogP contribution is -2.63. The van der Waals surface area contributed by atoms with Crippen molar-refractivity contribution in [1.29, 1.82) is 0 Å². The van der Waals surface area contributed by atoms with Gasteiger partial charge < -0.3 is 15.7 Å². The van der Waals surface area contributed by atoms with Crippen molar-refractivity contribution >= 4 is 0 Å². The second kappa shape index (κ2) is 8.10. The third-order valence-electron chi connectivity index (χ3n) is 6.47. The number of piperidine rings is 2. The van der Waals surface area contributed by atoms with Crippen LogP contribution in [0.4, 0.5) is 0 Å². The molecule has 3 N–H and O–H groups in total. The van der Waals surface area contributed by atoms with Crippen molar-refractivity contribution in [3.8, 4) is 0 Å². The molecule has 0 saturated carbocycles. The Kier molecular flexibility index (Phi) is 6.94. The Balaban J connectivity index is 1.81. The van der Waals surface area contributed by atoms with Gasteiger partial charge in [0.2, 0.25) is 0 Å². The summed E-state index contributed by atoms with van der Waals surface area (Å²) < 4.78 is 0. The van der Waals surface area contributed by atoms with Gasteiger partial charge in [-0.25, -0.2) is 0 Å². The summed E-state index contributed by atoms with van der Waals surface area (Å²) in [5, 5.41) is 44.8. The summed E-state index contributed by atoms with van der Waals surface area (Å²) in [6.45, 7) is 16.9. The van der Waals surface area contributed by atoms with Gasteiger partial charge in [-0.05, 0) is 81.1 Å². The first kappa shape index (κ1) is 24.0. The van der Waals surface area contributed by atoms with E-state index in [4.69, 9.17) is 0 Å². The van der Waals surface area contributed by atoms with Crippen molar-refractivity contribution in [1.82, 2.24) is 20.8 Å². The minimum absolute atomic E-state index is 0.214. The molecule has 7 nitrogen and oxygen atoms in total. The van der Waals surface area contributed by atoms with Crippen LogP contribution in [0.3, 0.4) is 0 Å². The molecule has 28 heavy (non-hydrogen) atoms. The first-order valence-electron chi connectivity index (χ1n) is 10.7. The van der Waals surface area contributed by atoms with Crippen molar-refractivity contribution in [3.63, 3.8) is 0 Å². The fourth-order valence-corrected chi connectivity index (χ4v) is 5.49. The molecule has 2 heterocycles. The molecule has 0 aromatic heterocycles. The number of aliphatic hydroxyl groups is 1. The predicted octanol–water partition coefficient (Wildman–Crippen LogP) is 2.26. The van der Waals surface area contributed by atoms with Crippen molar-refractivity contribution in [2.45, 2.75) is 121 Å². The van der Waals surface area contributed by atoms with Crippen molar-refractivity contribution in [2.24, 2.45) is 0 Å². The summed E-state index contributed by atoms with van der Waals surface area (Å²) in [6.07, 6.45) is 2.57. The molecule has 2 radical (unpaired) electrons. The molecule has 164 valence electrons. The highest BCUT2D eigenvalue weighted by molar-refractivity contribution is 5.00. The molecule has 2 aliphatic rings. The van der Waals surface area contributed by atoms with E-state index < -0.39 is 28.3 Å². The highest BCUT2D eigenvalue weighted by atomic mass is 16.5. The van der Waals surface area contributed by atoms with Crippen molar-refractivity contribution in [3.05, 3.63) is 0 Å². The Morgan fingerprint density at radius 1 is 0.714 bits per heavy atom. The summed E-state index contributed by atoms with van der Waals surface area (Å²) >= 11 is 0. The number of nitrogens with one attached hydrogen (secondary N) is 2. The van der Waals surface area contributed by atoms with Gasteiger partial charge in [-0.3, -0.25) is 0 Å². The number of aliphatic hydroxyl groups excluding tert-OH is 1. The molecular formula is C21H42N4O3. The zero-order valence-corrected chi connectivity index (χ0v) is 19.1. The fraction of sp³-hybridized carbons (Fsp3) is 1.00. The maximum absolute atomic E-state index is 12.5. The minimum atomic E-state index is -0.506. The van der Waals surface area contributed by atoms with Crippen LogP contribution >= 0.6 is 0 Å². The number of hydrogen-bond acceptors (Lipinski definition) is 5. The lowest BCUT2D eigenvalue weighted by Gasteiger charge is -2.50. The third-order valence-corrected chi connectivity index (χ3v) is 6.47. The molecular weight excluding hydrogens is 356 g/mol. The molecule has 0 atom stereocenters. The van der Waals surface area contributed by atoms with Crippen LogP contribution in [0.15, 0.2) is 0 Å². The van der Waals surface area contributed by atoms with E-state index in [0.717, 1.165) is 25.7 Å². The zero-order chi connectivity index (χ0) is 21.5. The van der Waals surface area contributed by atoms with E-state index >= 15 is 0 Å². The van der Waals surface area contributed by atoms with Crippen LogP contribution in [-0.2, 0) is 10.4 Å². The maximum atomic E-state index is 12.5. The van der Waals surface area contributed by atoms with Crippen LogP contribution in [0.25, 0.3) is 0 Å².